The van der Waals surface area contributed by atoms with Gasteiger partial charge in [0.25, 0.3) is 5.91 Å². The van der Waals surface area contributed by atoms with Crippen LogP contribution in [-0.2, 0) is 0 Å². The van der Waals surface area contributed by atoms with Crippen molar-refractivity contribution in [3.63, 3.8) is 0 Å². The molecule has 0 aromatic carbocycles. The normalized spacial score (nSPS) is 12.9. The molecule has 2 rings (SSSR count). The van der Waals surface area contributed by atoms with Gasteiger partial charge < -0.3 is 10.3 Å². The number of nitriles is 1. The number of H-pyrrole nitrogens is 1. The van der Waals surface area contributed by atoms with Crippen molar-refractivity contribution in [2.45, 2.75) is 26.8 Å². The van der Waals surface area contributed by atoms with Crippen LogP contribution < -0.4 is 10.9 Å². The Balaban J connectivity index is 2.29. The highest BCUT2D eigenvalue weighted by molar-refractivity contribution is 6.31. The second-order valence-corrected chi connectivity index (χ2v) is 5.22. The number of fused-ring (bicyclic) bond motifs is 1. The van der Waals surface area contributed by atoms with Gasteiger partial charge in [-0.1, -0.05) is 0 Å². The average molecular weight is 267 g/mol. The molecule has 0 saturated carbocycles. The zero-order valence-electron chi connectivity index (χ0n) is 11.6. The Morgan fingerprint density at radius 2 is 2.30 bits per heavy atom. The number of aromatic amines is 1. The van der Waals surface area contributed by atoms with E-state index in [9.17, 15) is 4.79 Å². The number of rotatable bonds is 3. The van der Waals surface area contributed by atoms with E-state index in [0.717, 1.165) is 0 Å². The number of carbonyl (C=O) groups excluding carboxylic acids is 1. The van der Waals surface area contributed by atoms with Crippen molar-refractivity contribution in [3.8, 4) is 6.07 Å². The molecule has 0 aliphatic carbocycles. The maximum absolute atomic E-state index is 12.3. The van der Waals surface area contributed by atoms with Gasteiger partial charge in [0.05, 0.1) is 17.0 Å². The molecule has 0 aliphatic rings. The van der Waals surface area contributed by atoms with Crippen LogP contribution in [0.15, 0.2) is 12.4 Å². The van der Waals surface area contributed by atoms with Crippen molar-refractivity contribution in [2.24, 2.45) is 5.41 Å². The van der Waals surface area contributed by atoms with Crippen molar-refractivity contribution >= 4 is 30.5 Å². The van der Waals surface area contributed by atoms with Crippen LogP contribution >= 0.6 is 0 Å². The van der Waals surface area contributed by atoms with E-state index in [-0.39, 0.29) is 17.5 Å². The lowest BCUT2D eigenvalue weighted by molar-refractivity contribution is 0.0921. The first-order valence-electron chi connectivity index (χ1n) is 6.17. The summed E-state index contributed by atoms with van der Waals surface area (Å²) in [6, 6.07) is 1.86. The van der Waals surface area contributed by atoms with Crippen LogP contribution in [0.25, 0.3) is 11.2 Å². The monoisotopic (exact) mass is 267 g/mol. The quantitative estimate of drug-likeness (QED) is 0.788. The highest BCUT2D eigenvalue weighted by atomic mass is 16.1. The molecule has 6 nitrogen and oxygen atoms in total. The van der Waals surface area contributed by atoms with Gasteiger partial charge in [-0.2, -0.15) is 5.26 Å². The number of aromatic nitrogens is 3. The van der Waals surface area contributed by atoms with Gasteiger partial charge in [0.2, 0.25) is 0 Å². The number of hydrogen-bond donors (Lipinski definition) is 2. The lowest BCUT2D eigenvalue weighted by Gasteiger charge is -2.25. The summed E-state index contributed by atoms with van der Waals surface area (Å²) in [6.07, 6.45) is 2.95. The molecule has 1 atom stereocenters. The smallest absolute Gasteiger partial charge is 0.255 e. The lowest BCUT2D eigenvalue weighted by atomic mass is 9.87. The molecule has 7 heteroatoms. The summed E-state index contributed by atoms with van der Waals surface area (Å²) in [4.78, 5) is 23.3. The highest BCUT2D eigenvalue weighted by Crippen LogP contribution is 2.20. The molecule has 2 aromatic heterocycles. The first kappa shape index (κ1) is 14.1. The van der Waals surface area contributed by atoms with Crippen LogP contribution in [-0.4, -0.2) is 34.7 Å². The molecule has 0 saturated heterocycles. The Bertz CT molecular complexity index is 700. The SMILES string of the molecule is [B]c1cnc2[nH]cc(C(=O)N[C@@H](C)C(C)(C)C#N)c2n1. The van der Waals surface area contributed by atoms with E-state index >= 15 is 0 Å². The predicted molar refractivity (Wildman–Crippen MR) is 75.6 cm³/mol. The van der Waals surface area contributed by atoms with Gasteiger partial charge in [-0.3, -0.25) is 9.78 Å². The maximum atomic E-state index is 12.3. The van der Waals surface area contributed by atoms with Gasteiger partial charge in [0.15, 0.2) is 5.65 Å². The average Bonchev–Trinajstić information content (AvgIpc) is 2.81. The molecule has 0 fully saturated rings. The molecule has 20 heavy (non-hydrogen) atoms. The molecular weight excluding hydrogens is 253 g/mol. The number of amides is 1. The first-order chi connectivity index (χ1) is 9.35. The van der Waals surface area contributed by atoms with Crippen molar-refractivity contribution in [1.29, 1.82) is 5.26 Å². The summed E-state index contributed by atoms with van der Waals surface area (Å²) >= 11 is 0. The number of nitrogens with one attached hydrogen (secondary N) is 2. The predicted octanol–water partition coefficient (Wildman–Crippen LogP) is 0.420. The van der Waals surface area contributed by atoms with E-state index < -0.39 is 5.41 Å². The molecule has 0 spiro atoms. The Morgan fingerprint density at radius 1 is 1.60 bits per heavy atom. The van der Waals surface area contributed by atoms with Gasteiger partial charge in [-0.15, -0.1) is 0 Å². The molecule has 100 valence electrons. The summed E-state index contributed by atoms with van der Waals surface area (Å²) < 4.78 is 0. The van der Waals surface area contributed by atoms with Crippen molar-refractivity contribution in [2.75, 3.05) is 0 Å². The summed E-state index contributed by atoms with van der Waals surface area (Å²) in [7, 11) is 5.58. The number of nitrogens with zero attached hydrogens (tertiary/aromatic N) is 3. The zero-order chi connectivity index (χ0) is 14.9. The third-order valence-corrected chi connectivity index (χ3v) is 3.36. The maximum Gasteiger partial charge on any atom is 0.255 e. The van der Waals surface area contributed by atoms with Gasteiger partial charge in [0.1, 0.15) is 13.4 Å². The summed E-state index contributed by atoms with van der Waals surface area (Å²) in [5.41, 5.74) is 0.866. The van der Waals surface area contributed by atoms with Gasteiger partial charge in [-0.05, 0) is 20.8 Å². The second-order valence-electron chi connectivity index (χ2n) is 5.22. The molecule has 0 bridgehead atoms. The summed E-state index contributed by atoms with van der Waals surface area (Å²) in [6.45, 7) is 5.33. The standard InChI is InChI=1S/C13H14BN5O/c1-7(13(2,3)6-15)18-12(20)8-4-16-11-10(8)19-9(14)5-17-11/h4-5,7H,1-3H3,(H,16,17)(H,18,20)/t7-/m0/s1. The van der Waals surface area contributed by atoms with Gasteiger partial charge >= 0.3 is 0 Å². The van der Waals surface area contributed by atoms with Crippen LogP contribution in [0.5, 0.6) is 0 Å². The van der Waals surface area contributed by atoms with E-state index in [2.05, 4.69) is 26.3 Å². The van der Waals surface area contributed by atoms with E-state index in [1.807, 2.05) is 0 Å². The Labute approximate surface area is 118 Å². The van der Waals surface area contributed by atoms with Gasteiger partial charge in [-0.25, -0.2) is 4.98 Å². The molecule has 2 heterocycles. The van der Waals surface area contributed by atoms with Crippen LogP contribution in [0, 0.1) is 16.7 Å². The minimum atomic E-state index is -0.660. The first-order valence-corrected chi connectivity index (χ1v) is 6.17. The molecular formula is C13H14BN5O. The third kappa shape index (κ3) is 2.50. The minimum absolute atomic E-state index is 0.247. The molecule has 1 amide bonds. The van der Waals surface area contributed by atoms with Crippen LogP contribution in [0.4, 0.5) is 0 Å². The van der Waals surface area contributed by atoms with Crippen LogP contribution in [0.2, 0.25) is 0 Å². The Kier molecular flexibility index (Phi) is 3.49. The molecule has 2 N–H and O–H groups in total. The summed E-state index contributed by atoms with van der Waals surface area (Å²) in [5, 5.41) is 11.9. The largest absolute Gasteiger partial charge is 0.348 e. The van der Waals surface area contributed by atoms with Crippen molar-refractivity contribution < 1.29 is 4.79 Å². The molecule has 0 aliphatic heterocycles. The third-order valence-electron chi connectivity index (χ3n) is 3.36. The topological polar surface area (TPSA) is 94.5 Å². The fraction of sp³-hybridized carbons (Fsp3) is 0.385. The summed E-state index contributed by atoms with van der Waals surface area (Å²) in [5.74, 6) is -0.313. The van der Waals surface area contributed by atoms with Gasteiger partial charge in [0, 0.05) is 24.0 Å². The molecule has 2 radical (unpaired) electrons. The molecule has 0 unspecified atom stereocenters. The number of carbonyl (C=O) groups is 1. The van der Waals surface area contributed by atoms with E-state index in [1.165, 1.54) is 12.4 Å². The fourth-order valence-electron chi connectivity index (χ4n) is 1.63. The van der Waals surface area contributed by atoms with E-state index in [4.69, 9.17) is 13.1 Å². The number of hydrogen-bond acceptors (Lipinski definition) is 4. The van der Waals surface area contributed by atoms with E-state index in [0.29, 0.717) is 16.7 Å². The second kappa shape index (κ2) is 4.97. The van der Waals surface area contributed by atoms with Crippen LogP contribution in [0.1, 0.15) is 31.1 Å². The van der Waals surface area contributed by atoms with Crippen molar-refractivity contribution in [3.05, 3.63) is 18.0 Å². The van der Waals surface area contributed by atoms with Crippen LogP contribution in [0.3, 0.4) is 0 Å². The molecule has 2 aromatic rings. The van der Waals surface area contributed by atoms with E-state index in [1.54, 1.807) is 20.8 Å². The van der Waals surface area contributed by atoms with Crippen molar-refractivity contribution in [1.82, 2.24) is 20.3 Å². The lowest BCUT2D eigenvalue weighted by Crippen LogP contribution is -2.42. The minimum Gasteiger partial charge on any atom is -0.348 e. The highest BCUT2D eigenvalue weighted by Gasteiger charge is 2.28. The Hall–Kier alpha value is -2.36. The Morgan fingerprint density at radius 3 is 2.95 bits per heavy atom. The zero-order valence-corrected chi connectivity index (χ0v) is 11.6. The fourth-order valence-corrected chi connectivity index (χ4v) is 1.63.